The molecule has 12 rings (SSSR count). The van der Waals surface area contributed by atoms with Gasteiger partial charge < -0.3 is 9.13 Å². The second-order valence-corrected chi connectivity index (χ2v) is 18.0. The monoisotopic (exact) mass is 938 g/mol. The Bertz CT molecular complexity index is 4340. The van der Waals surface area contributed by atoms with Crippen LogP contribution in [-0.4, -0.2) is 9.13 Å². The van der Waals surface area contributed by atoms with Crippen molar-refractivity contribution in [2.24, 2.45) is 0 Å². The van der Waals surface area contributed by atoms with Gasteiger partial charge in [0.25, 0.3) is 0 Å². The van der Waals surface area contributed by atoms with E-state index in [0.29, 0.717) is 44.8 Å². The van der Waals surface area contributed by atoms with E-state index in [2.05, 4.69) is 118 Å². The molecular weight excluding hydrogens is 905 g/mol. The third-order valence-corrected chi connectivity index (χ3v) is 14.0. The summed E-state index contributed by atoms with van der Waals surface area (Å²) in [7, 11) is 0. The van der Waals surface area contributed by atoms with E-state index in [-0.39, 0.29) is 0 Å². The maximum Gasteiger partial charge on any atom is 0.104 e. The first kappa shape index (κ1) is 44.0. The topological polar surface area (TPSA) is 153 Å². The SMILES string of the molecule is N#Cc1ccc(-c2ccc3c(c2)c2cc(-c4ccc(C#N)cc4)ccc2n3-c2ccc(-c3cccc(C#N)c3)c(-n3c4ccc(-c5ccc(C#N)cc5)cc4c4cc(-c5ccc(C#N)cc5)ccc43)c2C#N)cc1. The van der Waals surface area contributed by atoms with E-state index in [1.54, 1.807) is 6.07 Å². The van der Waals surface area contributed by atoms with Gasteiger partial charge in [0, 0.05) is 27.1 Å². The van der Waals surface area contributed by atoms with Crippen LogP contribution in [0.15, 0.2) is 206 Å². The Hall–Kier alpha value is -11.3. The van der Waals surface area contributed by atoms with E-state index in [9.17, 15) is 31.6 Å². The molecule has 2 heterocycles. The molecule has 0 N–H and O–H groups in total. The number of benzene rings is 10. The summed E-state index contributed by atoms with van der Waals surface area (Å²) in [4.78, 5) is 0. The Balaban J connectivity index is 1.16. The van der Waals surface area contributed by atoms with Gasteiger partial charge in [-0.15, -0.1) is 0 Å². The lowest BCUT2D eigenvalue weighted by Crippen LogP contribution is -2.06. The predicted octanol–water partition coefficient (Wildman–Crippen LogP) is 15.4. The van der Waals surface area contributed by atoms with Gasteiger partial charge in [-0.3, -0.25) is 0 Å². The van der Waals surface area contributed by atoms with Crippen LogP contribution in [0.1, 0.15) is 33.4 Å². The molecule has 12 aromatic rings. The molecule has 2 aromatic heterocycles. The highest BCUT2D eigenvalue weighted by Crippen LogP contribution is 2.45. The molecule has 0 spiro atoms. The van der Waals surface area contributed by atoms with E-state index >= 15 is 0 Å². The smallest absolute Gasteiger partial charge is 0.104 e. The molecule has 0 bridgehead atoms. The molecule has 338 valence electrons. The zero-order valence-electron chi connectivity index (χ0n) is 39.2. The fourth-order valence-electron chi connectivity index (χ4n) is 10.3. The molecule has 0 aliphatic carbocycles. The second-order valence-electron chi connectivity index (χ2n) is 18.0. The number of rotatable bonds is 7. The van der Waals surface area contributed by atoms with Gasteiger partial charge in [0.15, 0.2) is 0 Å². The van der Waals surface area contributed by atoms with Crippen molar-refractivity contribution >= 4 is 43.6 Å². The van der Waals surface area contributed by atoms with Crippen molar-refractivity contribution in [2.45, 2.75) is 0 Å². The third-order valence-electron chi connectivity index (χ3n) is 14.0. The average molecular weight is 939 g/mol. The van der Waals surface area contributed by atoms with Crippen molar-refractivity contribution in [3.63, 3.8) is 0 Å². The fraction of sp³-hybridized carbons (Fsp3) is 0. The van der Waals surface area contributed by atoms with E-state index in [4.69, 9.17) is 0 Å². The number of aromatic nitrogens is 2. The predicted molar refractivity (Wildman–Crippen MR) is 291 cm³/mol. The van der Waals surface area contributed by atoms with Gasteiger partial charge in [0.05, 0.1) is 91.6 Å². The number of hydrogen-bond donors (Lipinski definition) is 0. The highest BCUT2D eigenvalue weighted by Gasteiger charge is 2.25. The largest absolute Gasteiger partial charge is 0.308 e. The molecule has 0 saturated heterocycles. The summed E-state index contributed by atoms with van der Waals surface area (Å²) in [6, 6.07) is 80.8. The number of nitriles is 6. The Kier molecular flexibility index (Phi) is 10.7. The standard InChI is InChI=1S/C66H34N8/c67-35-41-4-12-46(13-5-41)50-20-25-61-56(31-50)57-32-51(47-14-6-42(36-68)7-15-47)21-26-62(57)73(61)65-29-24-55(54-3-1-2-45(30-54)39-71)66(60(65)40-72)74-63-27-22-52(48-16-8-43(37-69)9-17-48)33-58(63)59-34-53(23-28-64(59)74)49-18-10-44(38-70)11-19-49/h1-34H. The minimum atomic E-state index is 0.405. The molecule has 0 radical (unpaired) electrons. The summed E-state index contributed by atoms with van der Waals surface area (Å²) in [5.41, 5.74) is 17.0. The van der Waals surface area contributed by atoms with E-state index in [0.717, 1.165) is 99.2 Å². The van der Waals surface area contributed by atoms with Gasteiger partial charge >= 0.3 is 0 Å². The molecule has 74 heavy (non-hydrogen) atoms. The van der Waals surface area contributed by atoms with E-state index < -0.39 is 0 Å². The van der Waals surface area contributed by atoms with Gasteiger partial charge in [0.1, 0.15) is 11.6 Å². The van der Waals surface area contributed by atoms with Crippen LogP contribution in [0.25, 0.3) is 111 Å². The molecule has 0 aliphatic rings. The first-order valence-corrected chi connectivity index (χ1v) is 23.7. The van der Waals surface area contributed by atoms with E-state index in [1.807, 2.05) is 127 Å². The Labute approximate surface area is 425 Å². The van der Waals surface area contributed by atoms with Crippen LogP contribution in [0.4, 0.5) is 0 Å². The van der Waals surface area contributed by atoms with Gasteiger partial charge in [-0.2, -0.15) is 31.6 Å². The molecular formula is C66H34N8. The molecule has 0 atom stereocenters. The summed E-state index contributed by atoms with van der Waals surface area (Å²) in [6.07, 6.45) is 0. The van der Waals surface area contributed by atoms with Gasteiger partial charge in [-0.1, -0.05) is 91.0 Å². The minimum absolute atomic E-state index is 0.405. The van der Waals surface area contributed by atoms with Crippen molar-refractivity contribution < 1.29 is 0 Å². The lowest BCUT2D eigenvalue weighted by molar-refractivity contribution is 1.12. The van der Waals surface area contributed by atoms with Crippen LogP contribution < -0.4 is 0 Å². The van der Waals surface area contributed by atoms with Gasteiger partial charge in [-0.05, 0) is 165 Å². The van der Waals surface area contributed by atoms with Crippen molar-refractivity contribution in [3.05, 3.63) is 240 Å². The first-order valence-electron chi connectivity index (χ1n) is 23.7. The molecule has 10 aromatic carbocycles. The lowest BCUT2D eigenvalue weighted by Gasteiger charge is -2.20. The van der Waals surface area contributed by atoms with Crippen LogP contribution in [0.5, 0.6) is 0 Å². The summed E-state index contributed by atoms with van der Waals surface area (Å²) in [5, 5.41) is 64.2. The maximum atomic E-state index is 11.9. The summed E-state index contributed by atoms with van der Waals surface area (Å²) in [5.74, 6) is 0. The van der Waals surface area contributed by atoms with Gasteiger partial charge in [-0.25, -0.2) is 0 Å². The number of fused-ring (bicyclic) bond motifs is 6. The zero-order chi connectivity index (χ0) is 50.5. The van der Waals surface area contributed by atoms with Crippen molar-refractivity contribution in [2.75, 3.05) is 0 Å². The lowest BCUT2D eigenvalue weighted by atomic mass is 9.96. The Morgan fingerprint density at radius 2 is 0.595 bits per heavy atom. The van der Waals surface area contributed by atoms with Crippen LogP contribution in [0, 0.1) is 68.0 Å². The molecule has 0 aliphatic heterocycles. The average Bonchev–Trinajstić information content (AvgIpc) is 3.98. The highest BCUT2D eigenvalue weighted by atomic mass is 15.0. The van der Waals surface area contributed by atoms with Crippen molar-refractivity contribution in [1.29, 1.82) is 31.6 Å². The second kappa shape index (κ2) is 17.9. The minimum Gasteiger partial charge on any atom is -0.308 e. The first-order chi connectivity index (χ1) is 36.4. The van der Waals surface area contributed by atoms with Gasteiger partial charge in [0.2, 0.25) is 0 Å². The molecule has 0 saturated carbocycles. The molecule has 8 heteroatoms. The fourth-order valence-corrected chi connectivity index (χ4v) is 10.3. The number of hydrogen-bond acceptors (Lipinski definition) is 6. The van der Waals surface area contributed by atoms with Crippen molar-refractivity contribution in [1.82, 2.24) is 9.13 Å². The highest BCUT2D eigenvalue weighted by molar-refractivity contribution is 6.14. The molecule has 0 amide bonds. The van der Waals surface area contributed by atoms with Crippen LogP contribution in [0.2, 0.25) is 0 Å². The Morgan fingerprint density at radius 3 is 0.932 bits per heavy atom. The summed E-state index contributed by atoms with van der Waals surface area (Å²) < 4.78 is 4.33. The number of nitrogens with zero attached hydrogens (tertiary/aromatic N) is 8. The molecule has 0 fully saturated rings. The summed E-state index contributed by atoms with van der Waals surface area (Å²) in [6.45, 7) is 0. The maximum absolute atomic E-state index is 11.9. The Morgan fingerprint density at radius 1 is 0.257 bits per heavy atom. The van der Waals surface area contributed by atoms with E-state index in [1.165, 1.54) is 0 Å². The summed E-state index contributed by atoms with van der Waals surface area (Å²) >= 11 is 0. The third kappa shape index (κ3) is 7.35. The molecule has 8 nitrogen and oxygen atoms in total. The quantitative estimate of drug-likeness (QED) is 0.155. The van der Waals surface area contributed by atoms with Crippen molar-refractivity contribution in [3.8, 4) is 103 Å². The van der Waals surface area contributed by atoms with Crippen LogP contribution in [-0.2, 0) is 0 Å². The normalized spacial score (nSPS) is 10.9. The molecule has 0 unspecified atom stereocenters. The van der Waals surface area contributed by atoms with Crippen LogP contribution >= 0.6 is 0 Å². The van der Waals surface area contributed by atoms with Crippen LogP contribution in [0.3, 0.4) is 0 Å². The zero-order valence-corrected chi connectivity index (χ0v) is 39.2.